The number of unbranched alkanes of at least 4 members (excludes halogenated alkanes) is 4. The van der Waals surface area contributed by atoms with Gasteiger partial charge in [0.2, 0.25) is 0 Å². The molecule has 0 atom stereocenters. The second-order valence-corrected chi connectivity index (χ2v) is 7.96. The summed E-state index contributed by atoms with van der Waals surface area (Å²) >= 11 is 1.70. The smallest absolute Gasteiger partial charge is 0.191 e. The van der Waals surface area contributed by atoms with E-state index in [0.29, 0.717) is 12.5 Å². The Morgan fingerprint density at radius 3 is 2.52 bits per heavy atom. The minimum absolute atomic E-state index is 0.484. The summed E-state index contributed by atoms with van der Waals surface area (Å²) < 4.78 is 0. The molecule has 0 saturated heterocycles. The summed E-state index contributed by atoms with van der Waals surface area (Å²) in [5.41, 5.74) is 1.17. The SMILES string of the molecule is CCNC(=NCc1nc(C(C)C)cs1)NCCCCCCCN(C)C. The summed E-state index contributed by atoms with van der Waals surface area (Å²) in [5, 5.41) is 9.98. The van der Waals surface area contributed by atoms with Gasteiger partial charge in [-0.2, -0.15) is 0 Å². The van der Waals surface area contributed by atoms with Gasteiger partial charge in [-0.05, 0) is 46.3 Å². The van der Waals surface area contributed by atoms with E-state index in [1.807, 2.05) is 0 Å². The number of nitrogens with one attached hydrogen (secondary N) is 2. The van der Waals surface area contributed by atoms with Crippen molar-refractivity contribution in [2.24, 2.45) is 4.99 Å². The van der Waals surface area contributed by atoms with E-state index in [9.17, 15) is 0 Å². The number of rotatable bonds is 12. The summed E-state index contributed by atoms with van der Waals surface area (Å²) in [5.74, 6) is 1.38. The Kier molecular flexibility index (Phi) is 11.5. The minimum atomic E-state index is 0.484. The average Bonchev–Trinajstić information content (AvgIpc) is 3.04. The van der Waals surface area contributed by atoms with Crippen LogP contribution in [0.4, 0.5) is 0 Å². The fraction of sp³-hybridized carbons (Fsp3) is 0.789. The normalized spacial score (nSPS) is 12.2. The van der Waals surface area contributed by atoms with Gasteiger partial charge in [0.15, 0.2) is 5.96 Å². The highest BCUT2D eigenvalue weighted by atomic mass is 32.1. The van der Waals surface area contributed by atoms with Gasteiger partial charge < -0.3 is 15.5 Å². The molecule has 0 radical (unpaired) electrons. The van der Waals surface area contributed by atoms with Crippen LogP contribution in [-0.2, 0) is 6.54 Å². The van der Waals surface area contributed by atoms with E-state index in [0.717, 1.165) is 24.1 Å². The largest absolute Gasteiger partial charge is 0.357 e. The minimum Gasteiger partial charge on any atom is -0.357 e. The van der Waals surface area contributed by atoms with Crippen molar-refractivity contribution in [3.63, 3.8) is 0 Å². The Morgan fingerprint density at radius 1 is 1.16 bits per heavy atom. The predicted octanol–water partition coefficient (Wildman–Crippen LogP) is 3.83. The lowest BCUT2D eigenvalue weighted by molar-refractivity contribution is 0.389. The van der Waals surface area contributed by atoms with Gasteiger partial charge in [0.05, 0.1) is 12.2 Å². The van der Waals surface area contributed by atoms with Gasteiger partial charge in [0.1, 0.15) is 5.01 Å². The molecule has 0 aromatic carbocycles. The van der Waals surface area contributed by atoms with Crippen LogP contribution < -0.4 is 10.6 Å². The lowest BCUT2D eigenvalue weighted by Gasteiger charge is -2.11. The van der Waals surface area contributed by atoms with E-state index in [1.165, 1.54) is 44.3 Å². The van der Waals surface area contributed by atoms with Crippen LogP contribution in [0.5, 0.6) is 0 Å². The van der Waals surface area contributed by atoms with Gasteiger partial charge in [-0.25, -0.2) is 9.98 Å². The monoisotopic (exact) mass is 367 g/mol. The molecule has 0 fully saturated rings. The zero-order valence-electron chi connectivity index (χ0n) is 16.8. The number of thiazole rings is 1. The van der Waals surface area contributed by atoms with E-state index in [2.05, 4.69) is 65.8 Å². The topological polar surface area (TPSA) is 52.6 Å². The fourth-order valence-corrected chi connectivity index (χ4v) is 3.32. The van der Waals surface area contributed by atoms with E-state index in [1.54, 1.807) is 11.3 Å². The van der Waals surface area contributed by atoms with Crippen molar-refractivity contribution >= 4 is 17.3 Å². The van der Waals surface area contributed by atoms with Gasteiger partial charge in [0.25, 0.3) is 0 Å². The molecule has 1 heterocycles. The van der Waals surface area contributed by atoms with E-state index in [4.69, 9.17) is 0 Å². The molecule has 25 heavy (non-hydrogen) atoms. The molecule has 1 aromatic heterocycles. The zero-order chi connectivity index (χ0) is 18.5. The molecule has 1 rings (SSSR count). The van der Waals surface area contributed by atoms with Crippen molar-refractivity contribution in [3.8, 4) is 0 Å². The third-order valence-corrected chi connectivity index (χ3v) is 4.80. The van der Waals surface area contributed by atoms with Crippen molar-refractivity contribution in [3.05, 3.63) is 16.1 Å². The second kappa shape index (κ2) is 13.1. The summed E-state index contributed by atoms with van der Waals surface area (Å²) in [7, 11) is 4.28. The maximum atomic E-state index is 4.66. The van der Waals surface area contributed by atoms with Crippen molar-refractivity contribution in [1.29, 1.82) is 0 Å². The number of nitrogens with zero attached hydrogens (tertiary/aromatic N) is 3. The molecular formula is C19H37N5S. The van der Waals surface area contributed by atoms with Crippen molar-refractivity contribution in [2.45, 2.75) is 65.3 Å². The molecule has 0 amide bonds. The highest BCUT2D eigenvalue weighted by Gasteiger charge is 2.05. The Balaban J connectivity index is 2.24. The molecule has 5 nitrogen and oxygen atoms in total. The lowest BCUT2D eigenvalue weighted by atomic mass is 10.1. The van der Waals surface area contributed by atoms with Crippen molar-refractivity contribution in [1.82, 2.24) is 20.5 Å². The van der Waals surface area contributed by atoms with Crippen molar-refractivity contribution < 1.29 is 0 Å². The maximum absolute atomic E-state index is 4.66. The molecule has 0 bridgehead atoms. The molecule has 0 aliphatic carbocycles. The molecule has 0 aliphatic heterocycles. The number of hydrogen-bond acceptors (Lipinski definition) is 4. The molecule has 0 aliphatic rings. The van der Waals surface area contributed by atoms with Gasteiger partial charge in [-0.1, -0.05) is 33.1 Å². The third kappa shape index (κ3) is 10.4. The zero-order valence-corrected chi connectivity index (χ0v) is 17.6. The fourth-order valence-electron chi connectivity index (χ4n) is 2.44. The predicted molar refractivity (Wildman–Crippen MR) is 111 cm³/mol. The first kappa shape index (κ1) is 21.9. The van der Waals surface area contributed by atoms with Gasteiger partial charge in [-0.15, -0.1) is 11.3 Å². The highest BCUT2D eigenvalue weighted by Crippen LogP contribution is 2.18. The molecule has 144 valence electrons. The highest BCUT2D eigenvalue weighted by molar-refractivity contribution is 7.09. The second-order valence-electron chi connectivity index (χ2n) is 7.01. The van der Waals surface area contributed by atoms with Crippen LogP contribution in [0.15, 0.2) is 10.4 Å². The Labute approximate surface area is 158 Å². The number of guanidine groups is 1. The van der Waals surface area contributed by atoms with Crippen LogP contribution in [0.2, 0.25) is 0 Å². The standard InChI is InChI=1S/C19H37N5S/c1-6-20-19(21-12-10-8-7-9-11-13-24(4)5)22-14-18-23-17(15-25-18)16(2)3/h15-16H,6-14H2,1-5H3,(H2,20,21,22). The first-order valence-electron chi connectivity index (χ1n) is 9.64. The van der Waals surface area contributed by atoms with E-state index >= 15 is 0 Å². The Bertz CT molecular complexity index is 482. The summed E-state index contributed by atoms with van der Waals surface area (Å²) in [6.45, 7) is 10.2. The van der Waals surface area contributed by atoms with Crippen LogP contribution in [-0.4, -0.2) is 49.6 Å². The van der Waals surface area contributed by atoms with Crippen LogP contribution in [0, 0.1) is 0 Å². The van der Waals surface area contributed by atoms with Gasteiger partial charge in [-0.3, -0.25) is 0 Å². The third-order valence-electron chi connectivity index (χ3n) is 3.95. The van der Waals surface area contributed by atoms with Gasteiger partial charge >= 0.3 is 0 Å². The lowest BCUT2D eigenvalue weighted by Crippen LogP contribution is -2.37. The van der Waals surface area contributed by atoms with E-state index < -0.39 is 0 Å². The number of hydrogen-bond donors (Lipinski definition) is 2. The van der Waals surface area contributed by atoms with Crippen LogP contribution in [0.3, 0.4) is 0 Å². The van der Waals surface area contributed by atoms with Crippen LogP contribution >= 0.6 is 11.3 Å². The summed E-state index contributed by atoms with van der Waals surface area (Å²) in [4.78, 5) is 11.6. The Morgan fingerprint density at radius 2 is 1.88 bits per heavy atom. The molecule has 1 aromatic rings. The average molecular weight is 368 g/mol. The van der Waals surface area contributed by atoms with Gasteiger partial charge in [0, 0.05) is 18.5 Å². The molecular weight excluding hydrogens is 330 g/mol. The van der Waals surface area contributed by atoms with Crippen molar-refractivity contribution in [2.75, 3.05) is 33.7 Å². The van der Waals surface area contributed by atoms with E-state index in [-0.39, 0.29) is 0 Å². The summed E-state index contributed by atoms with van der Waals surface area (Å²) in [6.07, 6.45) is 6.43. The quantitative estimate of drug-likeness (QED) is 0.335. The summed E-state index contributed by atoms with van der Waals surface area (Å²) in [6, 6.07) is 0. The Hall–Kier alpha value is -1.14. The molecule has 0 saturated carbocycles. The molecule has 6 heteroatoms. The maximum Gasteiger partial charge on any atom is 0.191 e. The molecule has 0 spiro atoms. The van der Waals surface area contributed by atoms with Crippen LogP contribution in [0.1, 0.15) is 69.5 Å². The molecule has 2 N–H and O–H groups in total. The first-order chi connectivity index (χ1) is 12.0. The first-order valence-corrected chi connectivity index (χ1v) is 10.5. The van der Waals surface area contributed by atoms with Crippen LogP contribution in [0.25, 0.3) is 0 Å². The number of aromatic nitrogens is 1. The molecule has 0 unspecified atom stereocenters. The number of aliphatic imine (C=N–C) groups is 1.